The molecule has 3 unspecified atom stereocenters. The third-order valence-electron chi connectivity index (χ3n) is 5.96. The van der Waals surface area contributed by atoms with Gasteiger partial charge in [0.2, 0.25) is 0 Å². The highest BCUT2D eigenvalue weighted by molar-refractivity contribution is 5.00. The Morgan fingerprint density at radius 1 is 1.15 bits per heavy atom. The van der Waals surface area contributed by atoms with E-state index in [9.17, 15) is 0 Å². The third kappa shape index (κ3) is 2.76. The molecule has 20 heavy (non-hydrogen) atoms. The lowest BCUT2D eigenvalue weighted by molar-refractivity contribution is -0.0240. The average Bonchev–Trinajstić information content (AvgIpc) is 2.84. The lowest BCUT2D eigenvalue weighted by Crippen LogP contribution is -2.59. The second-order valence-electron chi connectivity index (χ2n) is 7.01. The maximum Gasteiger partial charge on any atom is 0.0589 e. The van der Waals surface area contributed by atoms with Crippen LogP contribution >= 0.6 is 0 Å². The number of ether oxygens (including phenoxy) is 1. The predicted octanol–water partition coefficient (Wildman–Crippen LogP) is 1.44. The van der Waals surface area contributed by atoms with Gasteiger partial charge in [-0.2, -0.15) is 0 Å². The molecule has 2 saturated heterocycles. The van der Waals surface area contributed by atoms with Crippen LogP contribution in [0.15, 0.2) is 0 Å². The minimum Gasteiger partial charge on any atom is -0.381 e. The Balaban J connectivity index is 1.73. The molecule has 3 rings (SSSR count). The standard InChI is InChI=1S/C16H31N3O/c1-20-15-6-2-7-16(11-15,13-17)19-10-4-9-18-8-3-5-14(18)12-19/h14-15H,2-13,17H2,1H3. The first-order valence-electron chi connectivity index (χ1n) is 8.49. The molecule has 0 spiro atoms. The lowest BCUT2D eigenvalue weighted by atomic mass is 9.78. The zero-order chi connectivity index (χ0) is 14.0. The molecule has 4 nitrogen and oxygen atoms in total. The number of methoxy groups -OCH3 is 1. The van der Waals surface area contributed by atoms with Gasteiger partial charge in [-0.25, -0.2) is 0 Å². The van der Waals surface area contributed by atoms with E-state index in [1.165, 1.54) is 64.7 Å². The topological polar surface area (TPSA) is 41.7 Å². The molecule has 0 radical (unpaired) electrons. The Hall–Kier alpha value is -0.160. The van der Waals surface area contributed by atoms with Gasteiger partial charge in [-0.3, -0.25) is 9.80 Å². The molecule has 2 aliphatic heterocycles. The second kappa shape index (κ2) is 6.30. The third-order valence-corrected chi connectivity index (χ3v) is 5.96. The molecule has 116 valence electrons. The molecule has 0 aromatic carbocycles. The Morgan fingerprint density at radius 3 is 2.80 bits per heavy atom. The van der Waals surface area contributed by atoms with Crippen LogP contribution in [0.2, 0.25) is 0 Å². The van der Waals surface area contributed by atoms with E-state index in [0.29, 0.717) is 6.10 Å². The SMILES string of the molecule is COC1CCCC(CN)(N2CCCN3CCCC3C2)C1. The summed E-state index contributed by atoms with van der Waals surface area (Å²) >= 11 is 0. The van der Waals surface area contributed by atoms with Gasteiger partial charge in [0.15, 0.2) is 0 Å². The fraction of sp³-hybridized carbons (Fsp3) is 1.00. The summed E-state index contributed by atoms with van der Waals surface area (Å²) in [6, 6.07) is 0.781. The average molecular weight is 281 g/mol. The van der Waals surface area contributed by atoms with E-state index in [4.69, 9.17) is 10.5 Å². The summed E-state index contributed by atoms with van der Waals surface area (Å²) in [5.74, 6) is 0. The Morgan fingerprint density at radius 2 is 2.00 bits per heavy atom. The van der Waals surface area contributed by atoms with Gasteiger partial charge in [0, 0.05) is 38.3 Å². The molecule has 4 heteroatoms. The molecule has 2 heterocycles. The lowest BCUT2D eigenvalue weighted by Gasteiger charge is -2.48. The van der Waals surface area contributed by atoms with Gasteiger partial charge < -0.3 is 10.5 Å². The van der Waals surface area contributed by atoms with Crippen LogP contribution in [0, 0.1) is 0 Å². The van der Waals surface area contributed by atoms with Crippen molar-refractivity contribution in [1.82, 2.24) is 9.80 Å². The van der Waals surface area contributed by atoms with Gasteiger partial charge in [0.1, 0.15) is 0 Å². The Bertz CT molecular complexity index is 325. The van der Waals surface area contributed by atoms with E-state index in [2.05, 4.69) is 9.80 Å². The van der Waals surface area contributed by atoms with Crippen LogP contribution in [0.5, 0.6) is 0 Å². The van der Waals surface area contributed by atoms with Crippen LogP contribution in [0.3, 0.4) is 0 Å². The van der Waals surface area contributed by atoms with E-state index in [1.807, 2.05) is 7.11 Å². The summed E-state index contributed by atoms with van der Waals surface area (Å²) in [5, 5.41) is 0. The summed E-state index contributed by atoms with van der Waals surface area (Å²) in [6.07, 6.45) is 9.34. The first-order chi connectivity index (χ1) is 9.77. The van der Waals surface area contributed by atoms with Gasteiger partial charge in [0.05, 0.1) is 6.10 Å². The number of hydrogen-bond acceptors (Lipinski definition) is 4. The van der Waals surface area contributed by atoms with Crippen molar-refractivity contribution in [3.05, 3.63) is 0 Å². The van der Waals surface area contributed by atoms with Crippen molar-refractivity contribution in [2.24, 2.45) is 5.73 Å². The van der Waals surface area contributed by atoms with Gasteiger partial charge in [-0.1, -0.05) is 0 Å². The quantitative estimate of drug-likeness (QED) is 0.850. The molecule has 0 aromatic heterocycles. The minimum absolute atomic E-state index is 0.206. The van der Waals surface area contributed by atoms with Gasteiger partial charge >= 0.3 is 0 Å². The number of fused-ring (bicyclic) bond motifs is 1. The largest absolute Gasteiger partial charge is 0.381 e. The summed E-state index contributed by atoms with van der Waals surface area (Å²) in [5.41, 5.74) is 6.47. The minimum atomic E-state index is 0.206. The fourth-order valence-electron chi connectivity index (χ4n) is 4.73. The highest BCUT2D eigenvalue weighted by atomic mass is 16.5. The Kier molecular flexibility index (Phi) is 4.65. The van der Waals surface area contributed by atoms with Crippen molar-refractivity contribution >= 4 is 0 Å². The van der Waals surface area contributed by atoms with Crippen LogP contribution in [0.4, 0.5) is 0 Å². The molecule has 1 saturated carbocycles. The maximum atomic E-state index is 6.26. The van der Waals surface area contributed by atoms with E-state index < -0.39 is 0 Å². The number of nitrogens with zero attached hydrogens (tertiary/aromatic N) is 2. The normalized spacial score (nSPS) is 40.5. The number of rotatable bonds is 3. The molecular formula is C16H31N3O. The van der Waals surface area contributed by atoms with Crippen molar-refractivity contribution in [2.45, 2.75) is 62.6 Å². The van der Waals surface area contributed by atoms with Crippen LogP contribution in [-0.4, -0.2) is 67.3 Å². The summed E-state index contributed by atoms with van der Waals surface area (Å²) in [4.78, 5) is 5.45. The number of hydrogen-bond donors (Lipinski definition) is 1. The van der Waals surface area contributed by atoms with Crippen LogP contribution in [0.1, 0.15) is 44.9 Å². The number of nitrogens with two attached hydrogens (primary N) is 1. The van der Waals surface area contributed by atoms with Crippen LogP contribution in [-0.2, 0) is 4.74 Å². The molecule has 0 amide bonds. The highest BCUT2D eigenvalue weighted by Crippen LogP contribution is 2.36. The molecule has 0 bridgehead atoms. The summed E-state index contributed by atoms with van der Waals surface area (Å²) in [7, 11) is 1.86. The zero-order valence-electron chi connectivity index (χ0n) is 13.0. The first kappa shape index (κ1) is 14.8. The monoisotopic (exact) mass is 281 g/mol. The molecule has 2 N–H and O–H groups in total. The molecular weight excluding hydrogens is 250 g/mol. The molecule has 3 atom stereocenters. The van der Waals surface area contributed by atoms with E-state index in [-0.39, 0.29) is 5.54 Å². The van der Waals surface area contributed by atoms with Gasteiger partial charge in [-0.05, 0) is 58.0 Å². The van der Waals surface area contributed by atoms with Crippen molar-refractivity contribution in [3.63, 3.8) is 0 Å². The molecule has 3 aliphatic rings. The first-order valence-corrected chi connectivity index (χ1v) is 8.49. The smallest absolute Gasteiger partial charge is 0.0589 e. The van der Waals surface area contributed by atoms with Gasteiger partial charge in [-0.15, -0.1) is 0 Å². The summed E-state index contributed by atoms with van der Waals surface area (Å²) < 4.78 is 5.66. The van der Waals surface area contributed by atoms with Crippen molar-refractivity contribution in [2.75, 3.05) is 39.8 Å². The highest BCUT2D eigenvalue weighted by Gasteiger charge is 2.42. The Labute approximate surface area is 123 Å². The molecule has 1 aliphatic carbocycles. The van der Waals surface area contributed by atoms with Crippen molar-refractivity contribution < 1.29 is 4.74 Å². The van der Waals surface area contributed by atoms with E-state index >= 15 is 0 Å². The van der Waals surface area contributed by atoms with Crippen molar-refractivity contribution in [3.8, 4) is 0 Å². The maximum absolute atomic E-state index is 6.26. The second-order valence-corrected chi connectivity index (χ2v) is 7.01. The van der Waals surface area contributed by atoms with Crippen LogP contribution < -0.4 is 5.73 Å². The zero-order valence-corrected chi connectivity index (χ0v) is 13.0. The van der Waals surface area contributed by atoms with E-state index in [1.54, 1.807) is 0 Å². The van der Waals surface area contributed by atoms with Gasteiger partial charge in [0.25, 0.3) is 0 Å². The molecule has 3 fully saturated rings. The fourth-order valence-corrected chi connectivity index (χ4v) is 4.73. The van der Waals surface area contributed by atoms with E-state index in [0.717, 1.165) is 19.0 Å². The molecule has 0 aromatic rings. The summed E-state index contributed by atoms with van der Waals surface area (Å²) in [6.45, 7) is 5.85. The van der Waals surface area contributed by atoms with Crippen LogP contribution in [0.25, 0.3) is 0 Å². The van der Waals surface area contributed by atoms with Crippen molar-refractivity contribution in [1.29, 1.82) is 0 Å². The predicted molar refractivity (Wildman–Crippen MR) is 81.8 cm³/mol.